The van der Waals surface area contributed by atoms with Gasteiger partial charge in [-0.2, -0.15) is 13.2 Å². The summed E-state index contributed by atoms with van der Waals surface area (Å²) in [5.74, 6) is -1.36. The maximum absolute atomic E-state index is 11.6. The standard InChI is InChI=1S/C4H5F3N2O/c5-4(6,7)3-1-9(2-3)8-10/h3H,1-2H2. The van der Waals surface area contributed by atoms with Gasteiger partial charge < -0.3 is 0 Å². The Kier molecular flexibility index (Phi) is 1.53. The smallest absolute Gasteiger partial charge is 0.260 e. The van der Waals surface area contributed by atoms with E-state index < -0.39 is 12.1 Å². The minimum absolute atomic E-state index is 0.285. The number of halogens is 3. The van der Waals surface area contributed by atoms with E-state index in [4.69, 9.17) is 0 Å². The molecule has 0 bridgehead atoms. The Labute approximate surface area is 54.7 Å². The molecule has 1 heterocycles. The zero-order chi connectivity index (χ0) is 7.78. The first-order chi connectivity index (χ1) is 4.54. The molecule has 0 radical (unpaired) electrons. The van der Waals surface area contributed by atoms with Crippen LogP contribution in [-0.2, 0) is 0 Å². The van der Waals surface area contributed by atoms with Gasteiger partial charge in [-0.15, -0.1) is 4.91 Å². The van der Waals surface area contributed by atoms with Crippen LogP contribution in [0.1, 0.15) is 0 Å². The second-order valence-corrected chi connectivity index (χ2v) is 2.19. The van der Waals surface area contributed by atoms with Gasteiger partial charge in [-0.3, -0.25) is 5.01 Å². The van der Waals surface area contributed by atoms with Crippen LogP contribution in [0.15, 0.2) is 5.29 Å². The van der Waals surface area contributed by atoms with Gasteiger partial charge in [-0.1, -0.05) is 0 Å². The van der Waals surface area contributed by atoms with Crippen molar-refractivity contribution in [3.63, 3.8) is 0 Å². The molecule has 0 aromatic heterocycles. The SMILES string of the molecule is O=NN1CC(C(F)(F)F)C1. The van der Waals surface area contributed by atoms with Gasteiger partial charge in [-0.25, -0.2) is 0 Å². The van der Waals surface area contributed by atoms with Gasteiger partial charge in [0.05, 0.1) is 24.3 Å². The van der Waals surface area contributed by atoms with E-state index in [0.29, 0.717) is 0 Å². The van der Waals surface area contributed by atoms with Crippen molar-refractivity contribution in [3.8, 4) is 0 Å². The van der Waals surface area contributed by atoms with Crippen LogP contribution >= 0.6 is 0 Å². The average molecular weight is 154 g/mol. The average Bonchev–Trinajstić information content (AvgIpc) is 1.57. The number of hydrogen-bond donors (Lipinski definition) is 0. The lowest BCUT2D eigenvalue weighted by Crippen LogP contribution is -2.50. The normalized spacial score (nSPS) is 20.5. The fourth-order valence-corrected chi connectivity index (χ4v) is 0.729. The molecule has 58 valence electrons. The maximum atomic E-state index is 11.6. The van der Waals surface area contributed by atoms with Crippen molar-refractivity contribution in [2.45, 2.75) is 6.18 Å². The molecule has 0 unspecified atom stereocenters. The molecule has 3 nitrogen and oxygen atoms in total. The van der Waals surface area contributed by atoms with Gasteiger partial charge in [-0.05, 0) is 0 Å². The summed E-state index contributed by atoms with van der Waals surface area (Å²) in [6, 6.07) is 0. The Morgan fingerprint density at radius 3 is 2.20 bits per heavy atom. The van der Waals surface area contributed by atoms with E-state index in [1.165, 1.54) is 0 Å². The van der Waals surface area contributed by atoms with Crippen molar-refractivity contribution >= 4 is 0 Å². The first kappa shape index (κ1) is 7.30. The van der Waals surface area contributed by atoms with E-state index >= 15 is 0 Å². The molecule has 1 aliphatic rings. The number of rotatable bonds is 1. The van der Waals surface area contributed by atoms with Gasteiger partial charge in [0.15, 0.2) is 0 Å². The van der Waals surface area contributed by atoms with Gasteiger partial charge in [0.25, 0.3) is 0 Å². The molecule has 1 fully saturated rings. The lowest BCUT2D eigenvalue weighted by Gasteiger charge is -2.35. The van der Waals surface area contributed by atoms with Crippen molar-refractivity contribution in [3.05, 3.63) is 4.91 Å². The first-order valence-electron chi connectivity index (χ1n) is 2.69. The lowest BCUT2D eigenvalue weighted by molar-refractivity contribution is -0.209. The predicted octanol–water partition coefficient (Wildman–Crippen LogP) is 1.16. The summed E-state index contributed by atoms with van der Waals surface area (Å²) < 4.78 is 34.9. The monoisotopic (exact) mass is 154 g/mol. The highest BCUT2D eigenvalue weighted by atomic mass is 19.4. The third-order valence-corrected chi connectivity index (χ3v) is 1.44. The number of hydrogen-bond acceptors (Lipinski definition) is 2. The van der Waals surface area contributed by atoms with Crippen LogP contribution in [0.2, 0.25) is 0 Å². The molecule has 1 saturated heterocycles. The zero-order valence-corrected chi connectivity index (χ0v) is 4.93. The van der Waals surface area contributed by atoms with Crippen molar-refractivity contribution in [1.82, 2.24) is 5.01 Å². The van der Waals surface area contributed by atoms with Gasteiger partial charge in [0.1, 0.15) is 0 Å². The summed E-state index contributed by atoms with van der Waals surface area (Å²) in [5.41, 5.74) is 0. The van der Waals surface area contributed by atoms with Crippen molar-refractivity contribution in [1.29, 1.82) is 0 Å². The Morgan fingerprint density at radius 2 is 1.90 bits per heavy atom. The molecular weight excluding hydrogens is 149 g/mol. The quantitative estimate of drug-likeness (QED) is 0.531. The van der Waals surface area contributed by atoms with Crippen LogP contribution in [0.25, 0.3) is 0 Å². The summed E-state index contributed by atoms with van der Waals surface area (Å²) >= 11 is 0. The van der Waals surface area contributed by atoms with Gasteiger partial charge in [0.2, 0.25) is 0 Å². The molecule has 10 heavy (non-hydrogen) atoms. The Morgan fingerprint density at radius 1 is 1.40 bits per heavy atom. The molecular formula is C4H5F3N2O. The Balaban J connectivity index is 2.32. The summed E-state index contributed by atoms with van der Waals surface area (Å²) in [7, 11) is 0. The van der Waals surface area contributed by atoms with Crippen molar-refractivity contribution in [2.24, 2.45) is 11.2 Å². The largest absolute Gasteiger partial charge is 0.395 e. The first-order valence-corrected chi connectivity index (χ1v) is 2.69. The summed E-state index contributed by atoms with van der Waals surface area (Å²) in [6.07, 6.45) is -4.17. The fraction of sp³-hybridized carbons (Fsp3) is 1.00. The van der Waals surface area contributed by atoms with E-state index in [9.17, 15) is 18.1 Å². The molecule has 0 atom stereocenters. The number of nitrogens with zero attached hydrogens (tertiary/aromatic N) is 2. The van der Waals surface area contributed by atoms with Gasteiger partial charge in [0, 0.05) is 0 Å². The third-order valence-electron chi connectivity index (χ3n) is 1.44. The molecule has 0 spiro atoms. The number of alkyl halides is 3. The highest BCUT2D eigenvalue weighted by Gasteiger charge is 2.47. The van der Waals surface area contributed by atoms with E-state index in [1.54, 1.807) is 0 Å². The maximum Gasteiger partial charge on any atom is 0.395 e. The van der Waals surface area contributed by atoms with Gasteiger partial charge >= 0.3 is 6.18 Å². The zero-order valence-electron chi connectivity index (χ0n) is 4.93. The van der Waals surface area contributed by atoms with Crippen molar-refractivity contribution < 1.29 is 13.2 Å². The molecule has 1 rings (SSSR count). The number of nitroso groups, excluding NO2 is 1. The molecule has 0 aromatic carbocycles. The van der Waals surface area contributed by atoms with Crippen LogP contribution < -0.4 is 0 Å². The third kappa shape index (κ3) is 1.19. The molecule has 0 aliphatic carbocycles. The molecule has 0 N–H and O–H groups in total. The molecule has 6 heteroatoms. The molecule has 0 amide bonds. The lowest BCUT2D eigenvalue weighted by atomic mass is 10.0. The summed E-state index contributed by atoms with van der Waals surface area (Å²) in [4.78, 5) is 9.57. The predicted molar refractivity (Wildman–Crippen MR) is 26.9 cm³/mol. The minimum Gasteiger partial charge on any atom is -0.260 e. The Hall–Kier alpha value is -0.810. The van der Waals surface area contributed by atoms with E-state index in [-0.39, 0.29) is 13.1 Å². The Bertz CT molecular complexity index is 140. The highest BCUT2D eigenvalue weighted by molar-refractivity contribution is 4.82. The molecule has 0 aromatic rings. The fourth-order valence-electron chi connectivity index (χ4n) is 0.729. The van der Waals surface area contributed by atoms with Crippen LogP contribution in [-0.4, -0.2) is 24.3 Å². The second kappa shape index (κ2) is 2.10. The minimum atomic E-state index is -4.17. The highest BCUT2D eigenvalue weighted by Crippen LogP contribution is 2.33. The van der Waals surface area contributed by atoms with Crippen molar-refractivity contribution in [2.75, 3.05) is 13.1 Å². The van der Waals surface area contributed by atoms with E-state index in [2.05, 4.69) is 5.29 Å². The van der Waals surface area contributed by atoms with Crippen LogP contribution in [0.3, 0.4) is 0 Å². The second-order valence-electron chi connectivity index (χ2n) is 2.19. The molecule has 1 aliphatic heterocycles. The topological polar surface area (TPSA) is 32.7 Å². The summed E-state index contributed by atoms with van der Waals surface area (Å²) in [5, 5.41) is 3.19. The van der Waals surface area contributed by atoms with Crippen LogP contribution in [0.5, 0.6) is 0 Å². The van der Waals surface area contributed by atoms with Crippen LogP contribution in [0.4, 0.5) is 13.2 Å². The van der Waals surface area contributed by atoms with E-state index in [1.807, 2.05) is 0 Å². The van der Waals surface area contributed by atoms with Crippen LogP contribution in [0, 0.1) is 10.8 Å². The van der Waals surface area contributed by atoms with E-state index in [0.717, 1.165) is 5.01 Å². The molecule has 0 saturated carbocycles. The summed E-state index contributed by atoms with van der Waals surface area (Å²) in [6.45, 7) is -0.569.